The molecule has 0 amide bonds. The van der Waals surface area contributed by atoms with E-state index in [0.29, 0.717) is 0 Å². The van der Waals surface area contributed by atoms with Crippen LogP contribution in [0.15, 0.2) is 30.5 Å². The van der Waals surface area contributed by atoms with Crippen LogP contribution in [-0.2, 0) is 0 Å². The van der Waals surface area contributed by atoms with Crippen LogP contribution in [0.5, 0.6) is 0 Å². The van der Waals surface area contributed by atoms with Gasteiger partial charge in [-0.3, -0.25) is 9.88 Å². The number of hydrogen-bond acceptors (Lipinski definition) is 4. The standard InChI is InChI=1S/C16H22N4/c1-16(2)11-20(10-9-19(16)3)14-7-6-13-12(15(14)17)5-4-8-18-13/h4-8H,9-11,17H2,1-3H3. The zero-order chi connectivity index (χ0) is 14.3. The highest BCUT2D eigenvalue weighted by Gasteiger charge is 2.31. The third-order valence-corrected chi connectivity index (χ3v) is 4.46. The summed E-state index contributed by atoms with van der Waals surface area (Å²) in [5, 5.41) is 1.04. The fraction of sp³-hybridized carbons (Fsp3) is 0.438. The molecule has 0 radical (unpaired) electrons. The first-order chi connectivity index (χ1) is 9.49. The first kappa shape index (κ1) is 13.2. The molecule has 0 bridgehead atoms. The lowest BCUT2D eigenvalue weighted by Gasteiger charge is -2.46. The van der Waals surface area contributed by atoms with E-state index < -0.39 is 0 Å². The van der Waals surface area contributed by atoms with E-state index >= 15 is 0 Å². The Bertz CT molecular complexity index is 635. The first-order valence-electron chi connectivity index (χ1n) is 7.08. The maximum atomic E-state index is 6.38. The summed E-state index contributed by atoms with van der Waals surface area (Å²) in [6.07, 6.45) is 1.81. The minimum atomic E-state index is 0.161. The zero-order valence-electron chi connectivity index (χ0n) is 12.4. The summed E-state index contributed by atoms with van der Waals surface area (Å²) in [5.74, 6) is 0. The molecular formula is C16H22N4. The summed E-state index contributed by atoms with van der Waals surface area (Å²) in [6, 6.07) is 8.15. The van der Waals surface area contributed by atoms with Crippen LogP contribution in [0.4, 0.5) is 11.4 Å². The molecular weight excluding hydrogens is 248 g/mol. The van der Waals surface area contributed by atoms with Gasteiger partial charge in [-0.2, -0.15) is 0 Å². The van der Waals surface area contributed by atoms with E-state index in [2.05, 4.69) is 47.8 Å². The van der Waals surface area contributed by atoms with Crippen LogP contribution in [0.2, 0.25) is 0 Å². The quantitative estimate of drug-likeness (QED) is 0.808. The molecule has 2 aromatic rings. The summed E-state index contributed by atoms with van der Waals surface area (Å²) in [5.41, 5.74) is 9.47. The molecule has 3 rings (SSSR count). The van der Waals surface area contributed by atoms with E-state index in [1.165, 1.54) is 0 Å². The fourth-order valence-electron chi connectivity index (χ4n) is 2.89. The number of benzene rings is 1. The molecule has 1 aliphatic rings. The number of aromatic nitrogens is 1. The van der Waals surface area contributed by atoms with Gasteiger partial charge >= 0.3 is 0 Å². The summed E-state index contributed by atoms with van der Waals surface area (Å²) >= 11 is 0. The lowest BCUT2D eigenvalue weighted by molar-refractivity contribution is 0.139. The summed E-state index contributed by atoms with van der Waals surface area (Å²) < 4.78 is 0. The molecule has 0 unspecified atom stereocenters. The third kappa shape index (κ3) is 2.10. The van der Waals surface area contributed by atoms with E-state index in [0.717, 1.165) is 41.9 Å². The van der Waals surface area contributed by atoms with Gasteiger partial charge in [-0.25, -0.2) is 0 Å². The molecule has 1 fully saturated rings. The lowest BCUT2D eigenvalue weighted by Crippen LogP contribution is -2.57. The van der Waals surface area contributed by atoms with Crippen LogP contribution in [0, 0.1) is 0 Å². The van der Waals surface area contributed by atoms with Gasteiger partial charge in [0.2, 0.25) is 0 Å². The van der Waals surface area contributed by atoms with Crippen molar-refractivity contribution in [3.63, 3.8) is 0 Å². The minimum absolute atomic E-state index is 0.161. The number of piperazine rings is 1. The molecule has 1 saturated heterocycles. The minimum Gasteiger partial charge on any atom is -0.396 e. The highest BCUT2D eigenvalue weighted by Crippen LogP contribution is 2.33. The van der Waals surface area contributed by atoms with Crippen molar-refractivity contribution in [2.75, 3.05) is 37.3 Å². The maximum Gasteiger partial charge on any atom is 0.0724 e. The van der Waals surface area contributed by atoms with Crippen LogP contribution >= 0.6 is 0 Å². The summed E-state index contributed by atoms with van der Waals surface area (Å²) in [6.45, 7) is 7.60. The summed E-state index contributed by atoms with van der Waals surface area (Å²) in [4.78, 5) is 9.16. The zero-order valence-corrected chi connectivity index (χ0v) is 12.4. The molecule has 20 heavy (non-hydrogen) atoms. The van der Waals surface area contributed by atoms with Crippen molar-refractivity contribution < 1.29 is 0 Å². The number of hydrogen-bond donors (Lipinski definition) is 1. The second-order valence-corrected chi connectivity index (χ2v) is 6.22. The van der Waals surface area contributed by atoms with Gasteiger partial charge in [0, 0.05) is 36.8 Å². The van der Waals surface area contributed by atoms with Gasteiger partial charge in [0.05, 0.1) is 16.9 Å². The van der Waals surface area contributed by atoms with Crippen LogP contribution in [-0.4, -0.2) is 42.1 Å². The normalized spacial score (nSPS) is 19.4. The number of anilines is 2. The smallest absolute Gasteiger partial charge is 0.0724 e. The number of fused-ring (bicyclic) bond motifs is 1. The molecule has 0 spiro atoms. The predicted molar refractivity (Wildman–Crippen MR) is 85.1 cm³/mol. The van der Waals surface area contributed by atoms with Gasteiger partial charge in [0.25, 0.3) is 0 Å². The second-order valence-electron chi connectivity index (χ2n) is 6.22. The Morgan fingerprint density at radius 1 is 1.20 bits per heavy atom. The van der Waals surface area contributed by atoms with E-state index in [1.54, 1.807) is 6.20 Å². The van der Waals surface area contributed by atoms with E-state index in [1.807, 2.05) is 12.1 Å². The van der Waals surface area contributed by atoms with Crippen molar-refractivity contribution in [2.45, 2.75) is 19.4 Å². The SMILES string of the molecule is CN1CCN(c2ccc3ncccc3c2N)CC1(C)C. The van der Waals surface area contributed by atoms with Gasteiger partial charge in [-0.15, -0.1) is 0 Å². The molecule has 1 aromatic heterocycles. The Balaban J connectivity index is 2.01. The topological polar surface area (TPSA) is 45.4 Å². The van der Waals surface area contributed by atoms with Crippen molar-refractivity contribution in [1.29, 1.82) is 0 Å². The van der Waals surface area contributed by atoms with Crippen molar-refractivity contribution in [3.05, 3.63) is 30.5 Å². The second kappa shape index (κ2) is 4.63. The van der Waals surface area contributed by atoms with Gasteiger partial charge in [0.1, 0.15) is 0 Å². The van der Waals surface area contributed by atoms with E-state index in [4.69, 9.17) is 5.73 Å². The van der Waals surface area contributed by atoms with Crippen molar-refractivity contribution in [3.8, 4) is 0 Å². The summed E-state index contributed by atoms with van der Waals surface area (Å²) in [7, 11) is 2.19. The number of nitrogens with two attached hydrogens (primary N) is 1. The molecule has 4 heteroatoms. The number of nitrogens with zero attached hydrogens (tertiary/aromatic N) is 3. The average molecular weight is 270 g/mol. The molecule has 0 aliphatic carbocycles. The van der Waals surface area contributed by atoms with Crippen LogP contribution in [0.1, 0.15) is 13.8 Å². The van der Waals surface area contributed by atoms with Crippen molar-refractivity contribution in [2.24, 2.45) is 0 Å². The Labute approximate surface area is 120 Å². The maximum absolute atomic E-state index is 6.38. The largest absolute Gasteiger partial charge is 0.396 e. The lowest BCUT2D eigenvalue weighted by atomic mass is 9.98. The molecule has 1 aliphatic heterocycles. The molecule has 106 valence electrons. The predicted octanol–water partition coefficient (Wildman–Crippen LogP) is 2.35. The Morgan fingerprint density at radius 2 is 2.00 bits per heavy atom. The highest BCUT2D eigenvalue weighted by atomic mass is 15.3. The van der Waals surface area contributed by atoms with Gasteiger partial charge in [-0.05, 0) is 45.2 Å². The average Bonchev–Trinajstić information content (AvgIpc) is 2.43. The molecule has 2 heterocycles. The highest BCUT2D eigenvalue weighted by molar-refractivity contribution is 5.97. The number of nitrogen functional groups attached to an aromatic ring is 1. The fourth-order valence-corrected chi connectivity index (χ4v) is 2.89. The van der Waals surface area contributed by atoms with Crippen LogP contribution in [0.3, 0.4) is 0 Å². The van der Waals surface area contributed by atoms with Crippen LogP contribution in [0.25, 0.3) is 10.9 Å². The third-order valence-electron chi connectivity index (χ3n) is 4.46. The molecule has 0 atom stereocenters. The van der Waals surface area contributed by atoms with Crippen LogP contribution < -0.4 is 10.6 Å². The Hall–Kier alpha value is -1.81. The van der Waals surface area contributed by atoms with E-state index in [9.17, 15) is 0 Å². The van der Waals surface area contributed by atoms with Gasteiger partial charge < -0.3 is 10.6 Å². The van der Waals surface area contributed by atoms with E-state index in [-0.39, 0.29) is 5.54 Å². The van der Waals surface area contributed by atoms with Gasteiger partial charge in [-0.1, -0.05) is 0 Å². The molecule has 2 N–H and O–H groups in total. The molecule has 4 nitrogen and oxygen atoms in total. The Kier molecular flexibility index (Phi) is 3.05. The monoisotopic (exact) mass is 270 g/mol. The number of rotatable bonds is 1. The van der Waals surface area contributed by atoms with Crippen molar-refractivity contribution >= 4 is 22.3 Å². The van der Waals surface area contributed by atoms with Crippen molar-refractivity contribution in [1.82, 2.24) is 9.88 Å². The Morgan fingerprint density at radius 3 is 2.75 bits per heavy atom. The number of likely N-dealkylation sites (N-methyl/N-ethyl adjacent to an activating group) is 1. The molecule has 0 saturated carbocycles. The number of pyridine rings is 1. The van der Waals surface area contributed by atoms with Gasteiger partial charge in [0.15, 0.2) is 0 Å². The molecule has 1 aromatic carbocycles. The first-order valence-corrected chi connectivity index (χ1v) is 7.08.